The Bertz CT molecular complexity index is 666. The van der Waals surface area contributed by atoms with Gasteiger partial charge in [0.2, 0.25) is 5.91 Å². The van der Waals surface area contributed by atoms with Gasteiger partial charge in [0.05, 0.1) is 4.88 Å². The number of aryl methyl sites for hydroxylation is 1. The first kappa shape index (κ1) is 16.4. The molecule has 22 heavy (non-hydrogen) atoms. The molecule has 2 rings (SSSR count). The Morgan fingerprint density at radius 1 is 1.18 bits per heavy atom. The van der Waals surface area contributed by atoms with Crippen molar-refractivity contribution in [1.82, 2.24) is 5.32 Å². The smallest absolute Gasteiger partial charge is 0.220 e. The van der Waals surface area contributed by atoms with Crippen LogP contribution in [-0.4, -0.2) is 18.2 Å². The van der Waals surface area contributed by atoms with E-state index >= 15 is 0 Å². The second-order valence-electron chi connectivity index (χ2n) is 5.06. The Morgan fingerprint density at radius 2 is 2.00 bits per heavy atom. The zero-order valence-corrected chi connectivity index (χ0v) is 13.2. The molecule has 1 amide bonds. The van der Waals surface area contributed by atoms with Gasteiger partial charge in [-0.1, -0.05) is 12.1 Å². The number of Topliss-reactive ketones (excluding diaryl/α,β-unsaturated/α-hetero) is 1. The average molecular weight is 319 g/mol. The minimum absolute atomic E-state index is 0.00150. The molecule has 0 fully saturated rings. The van der Waals surface area contributed by atoms with Gasteiger partial charge in [-0.3, -0.25) is 9.59 Å². The van der Waals surface area contributed by atoms with E-state index in [0.29, 0.717) is 17.8 Å². The number of nitrogens with one attached hydrogen (secondary N) is 1. The number of amides is 1. The Morgan fingerprint density at radius 3 is 2.68 bits per heavy atom. The SMILES string of the molecule is Cc1ccc(C(=O)CCC(=O)NCCc2cccc(F)c2)s1. The monoisotopic (exact) mass is 319 g/mol. The molecular formula is C17H18FNO2S. The first-order valence-corrected chi connectivity index (χ1v) is 7.97. The van der Waals surface area contributed by atoms with Crippen LogP contribution in [0.25, 0.3) is 0 Å². The number of carbonyl (C=O) groups is 2. The van der Waals surface area contributed by atoms with Gasteiger partial charge in [0.15, 0.2) is 5.78 Å². The van der Waals surface area contributed by atoms with E-state index in [0.717, 1.165) is 10.4 Å². The summed E-state index contributed by atoms with van der Waals surface area (Å²) in [4.78, 5) is 25.4. The second kappa shape index (κ2) is 7.84. The van der Waals surface area contributed by atoms with Gasteiger partial charge in [-0.15, -0.1) is 11.3 Å². The molecule has 1 N–H and O–H groups in total. The molecule has 1 aromatic carbocycles. The first-order valence-electron chi connectivity index (χ1n) is 7.15. The molecule has 0 unspecified atom stereocenters. The number of halogens is 1. The molecule has 0 saturated carbocycles. The number of benzene rings is 1. The number of hydrogen-bond donors (Lipinski definition) is 1. The summed E-state index contributed by atoms with van der Waals surface area (Å²) in [6.07, 6.45) is 0.965. The van der Waals surface area contributed by atoms with Crippen molar-refractivity contribution in [2.24, 2.45) is 0 Å². The van der Waals surface area contributed by atoms with Crippen molar-refractivity contribution in [3.05, 3.63) is 57.5 Å². The number of carbonyl (C=O) groups excluding carboxylic acids is 2. The lowest BCUT2D eigenvalue weighted by molar-refractivity contribution is -0.121. The van der Waals surface area contributed by atoms with E-state index in [2.05, 4.69) is 5.32 Å². The molecular weight excluding hydrogens is 301 g/mol. The van der Waals surface area contributed by atoms with Crippen LogP contribution in [0.3, 0.4) is 0 Å². The zero-order chi connectivity index (χ0) is 15.9. The van der Waals surface area contributed by atoms with E-state index < -0.39 is 0 Å². The lowest BCUT2D eigenvalue weighted by Gasteiger charge is -2.05. The van der Waals surface area contributed by atoms with Crippen molar-refractivity contribution < 1.29 is 14.0 Å². The summed E-state index contributed by atoms with van der Waals surface area (Å²) in [7, 11) is 0. The molecule has 0 bridgehead atoms. The molecule has 116 valence electrons. The summed E-state index contributed by atoms with van der Waals surface area (Å²) in [6.45, 7) is 2.38. The number of ketones is 1. The Balaban J connectivity index is 1.69. The first-order chi connectivity index (χ1) is 10.5. The fourth-order valence-corrected chi connectivity index (χ4v) is 2.90. The van der Waals surface area contributed by atoms with Crippen molar-refractivity contribution in [2.75, 3.05) is 6.54 Å². The van der Waals surface area contributed by atoms with Gasteiger partial charge in [-0.2, -0.15) is 0 Å². The highest BCUT2D eigenvalue weighted by Crippen LogP contribution is 2.17. The van der Waals surface area contributed by atoms with E-state index in [1.807, 2.05) is 19.1 Å². The third-order valence-electron chi connectivity index (χ3n) is 3.22. The van der Waals surface area contributed by atoms with Gasteiger partial charge >= 0.3 is 0 Å². The van der Waals surface area contributed by atoms with Crippen LogP contribution in [0.4, 0.5) is 4.39 Å². The molecule has 1 heterocycles. The van der Waals surface area contributed by atoms with Crippen molar-refractivity contribution in [2.45, 2.75) is 26.2 Å². The number of rotatable bonds is 7. The van der Waals surface area contributed by atoms with E-state index in [4.69, 9.17) is 0 Å². The molecule has 0 aliphatic carbocycles. The maximum absolute atomic E-state index is 13.0. The number of thiophene rings is 1. The highest BCUT2D eigenvalue weighted by Gasteiger charge is 2.10. The van der Waals surface area contributed by atoms with E-state index in [1.165, 1.54) is 23.5 Å². The zero-order valence-electron chi connectivity index (χ0n) is 12.4. The van der Waals surface area contributed by atoms with Gasteiger partial charge < -0.3 is 5.32 Å². The third-order valence-corrected chi connectivity index (χ3v) is 4.26. The van der Waals surface area contributed by atoms with Gasteiger partial charge in [0.1, 0.15) is 5.82 Å². The van der Waals surface area contributed by atoms with Crippen molar-refractivity contribution in [3.63, 3.8) is 0 Å². The van der Waals surface area contributed by atoms with E-state index in [-0.39, 0.29) is 30.3 Å². The summed E-state index contributed by atoms with van der Waals surface area (Å²) >= 11 is 1.45. The maximum atomic E-state index is 13.0. The Hall–Kier alpha value is -2.01. The Labute approximate surface area is 133 Å². The minimum atomic E-state index is -0.277. The van der Waals surface area contributed by atoms with Crippen molar-refractivity contribution >= 4 is 23.0 Å². The minimum Gasteiger partial charge on any atom is -0.356 e. The van der Waals surface area contributed by atoms with Crippen LogP contribution in [0.1, 0.15) is 33.0 Å². The largest absolute Gasteiger partial charge is 0.356 e. The predicted molar refractivity (Wildman–Crippen MR) is 85.7 cm³/mol. The van der Waals surface area contributed by atoms with Gasteiger partial charge in [0.25, 0.3) is 0 Å². The standard InChI is InChI=1S/C17H18FNO2S/c1-12-5-7-16(22-12)15(20)6-8-17(21)19-10-9-13-3-2-4-14(18)11-13/h2-5,7,11H,6,8-10H2,1H3,(H,19,21). The summed E-state index contributed by atoms with van der Waals surface area (Å²) in [5, 5.41) is 2.75. The van der Waals surface area contributed by atoms with E-state index in [1.54, 1.807) is 12.1 Å². The van der Waals surface area contributed by atoms with Crippen LogP contribution in [-0.2, 0) is 11.2 Å². The summed E-state index contributed by atoms with van der Waals surface area (Å²) in [5.41, 5.74) is 0.838. The van der Waals surface area contributed by atoms with Crippen LogP contribution >= 0.6 is 11.3 Å². The van der Waals surface area contributed by atoms with Crippen LogP contribution in [0.5, 0.6) is 0 Å². The molecule has 3 nitrogen and oxygen atoms in total. The van der Waals surface area contributed by atoms with Crippen LogP contribution < -0.4 is 5.32 Å². The van der Waals surface area contributed by atoms with Crippen LogP contribution in [0.2, 0.25) is 0 Å². The summed E-state index contributed by atoms with van der Waals surface area (Å²) in [6, 6.07) is 10.0. The maximum Gasteiger partial charge on any atom is 0.220 e. The molecule has 0 aliphatic heterocycles. The number of hydrogen-bond acceptors (Lipinski definition) is 3. The molecule has 0 spiro atoms. The Kier molecular flexibility index (Phi) is 5.83. The van der Waals surface area contributed by atoms with Gasteiger partial charge in [0, 0.05) is 24.3 Å². The molecule has 0 aliphatic rings. The second-order valence-corrected chi connectivity index (χ2v) is 6.35. The van der Waals surface area contributed by atoms with Gasteiger partial charge in [-0.25, -0.2) is 4.39 Å². The highest BCUT2D eigenvalue weighted by molar-refractivity contribution is 7.14. The van der Waals surface area contributed by atoms with Crippen molar-refractivity contribution in [1.29, 1.82) is 0 Å². The normalized spacial score (nSPS) is 10.5. The lowest BCUT2D eigenvalue weighted by atomic mass is 10.1. The molecule has 0 radical (unpaired) electrons. The van der Waals surface area contributed by atoms with Crippen LogP contribution in [0, 0.1) is 12.7 Å². The lowest BCUT2D eigenvalue weighted by Crippen LogP contribution is -2.26. The van der Waals surface area contributed by atoms with Crippen LogP contribution in [0.15, 0.2) is 36.4 Å². The molecule has 1 aromatic heterocycles. The molecule has 0 saturated heterocycles. The highest BCUT2D eigenvalue weighted by atomic mass is 32.1. The fourth-order valence-electron chi connectivity index (χ4n) is 2.06. The fraction of sp³-hybridized carbons (Fsp3) is 0.294. The summed E-state index contributed by atoms with van der Waals surface area (Å²) in [5.74, 6) is -0.433. The molecule has 0 atom stereocenters. The quantitative estimate of drug-likeness (QED) is 0.794. The average Bonchev–Trinajstić information content (AvgIpc) is 2.91. The molecule has 2 aromatic rings. The predicted octanol–water partition coefficient (Wildman–Crippen LogP) is 3.52. The topological polar surface area (TPSA) is 46.2 Å². The molecule has 5 heteroatoms. The third kappa shape index (κ3) is 5.07. The van der Waals surface area contributed by atoms with Crippen molar-refractivity contribution in [3.8, 4) is 0 Å². The summed E-state index contributed by atoms with van der Waals surface area (Å²) < 4.78 is 13.0. The van der Waals surface area contributed by atoms with E-state index in [9.17, 15) is 14.0 Å². The van der Waals surface area contributed by atoms with Gasteiger partial charge in [-0.05, 0) is 43.2 Å².